The molecule has 0 amide bonds. The molecule has 0 radical (unpaired) electrons. The summed E-state index contributed by atoms with van der Waals surface area (Å²) in [5, 5.41) is 1.01. The molecule has 11 nitrogen and oxygen atoms in total. The Morgan fingerprint density at radius 2 is 1.80 bits per heavy atom. The van der Waals surface area contributed by atoms with Crippen molar-refractivity contribution in [3.05, 3.63) is 35.1 Å². The van der Waals surface area contributed by atoms with Crippen molar-refractivity contribution < 1.29 is 17.5 Å². The predicted molar refractivity (Wildman–Crippen MR) is 136 cm³/mol. The Morgan fingerprint density at radius 1 is 1.14 bits per heavy atom. The molecule has 3 aliphatic rings. The molecule has 35 heavy (non-hydrogen) atoms. The molecule has 2 aliphatic carbocycles. The fraction of sp³-hybridized carbons (Fsp3) is 0.476. The second kappa shape index (κ2) is 10.1. The van der Waals surface area contributed by atoms with Crippen LogP contribution in [0.15, 0.2) is 40.0 Å². The number of halogens is 1. The van der Waals surface area contributed by atoms with Crippen LogP contribution in [0.4, 0.5) is 17.5 Å². The van der Waals surface area contributed by atoms with Crippen LogP contribution in [0.5, 0.6) is 0 Å². The monoisotopic (exact) mass is 541 g/mol. The number of hydrogen-bond donors (Lipinski definition) is 5. The summed E-state index contributed by atoms with van der Waals surface area (Å²) in [7, 11) is -4.67. The molecule has 1 spiro atoms. The highest BCUT2D eigenvalue weighted by Crippen LogP contribution is 2.51. The van der Waals surface area contributed by atoms with Crippen LogP contribution >= 0.6 is 23.4 Å². The van der Waals surface area contributed by atoms with E-state index in [1.54, 1.807) is 18.5 Å². The van der Waals surface area contributed by atoms with Crippen molar-refractivity contribution in [3.8, 4) is 0 Å². The fourth-order valence-electron chi connectivity index (χ4n) is 4.70. The lowest BCUT2D eigenvalue weighted by atomic mass is 9.72. The summed E-state index contributed by atoms with van der Waals surface area (Å²) in [6, 6.07) is 2.01. The van der Waals surface area contributed by atoms with E-state index in [0.29, 0.717) is 15.9 Å². The quantitative estimate of drug-likeness (QED) is 0.281. The molecule has 2 aromatic rings. The van der Waals surface area contributed by atoms with Crippen molar-refractivity contribution in [1.82, 2.24) is 15.0 Å². The average Bonchev–Trinajstić information content (AvgIpc) is 3.58. The van der Waals surface area contributed by atoms with E-state index in [2.05, 4.69) is 25.9 Å². The number of allylic oxidation sites excluding steroid dienone is 1. The van der Waals surface area contributed by atoms with Crippen LogP contribution in [-0.4, -0.2) is 51.6 Å². The summed E-state index contributed by atoms with van der Waals surface area (Å²) >= 11 is 7.58. The zero-order valence-electron chi connectivity index (χ0n) is 18.8. The van der Waals surface area contributed by atoms with E-state index in [0.717, 1.165) is 49.0 Å². The first-order valence-electron chi connectivity index (χ1n) is 11.1. The number of piperidine rings is 1. The van der Waals surface area contributed by atoms with Crippen LogP contribution in [0.2, 0.25) is 5.02 Å². The summed E-state index contributed by atoms with van der Waals surface area (Å²) in [6.45, 7) is 1.85. The predicted octanol–water partition coefficient (Wildman–Crippen LogP) is 2.84. The molecule has 3 heterocycles. The molecule has 2 fully saturated rings. The molecule has 1 atom stereocenters. The highest BCUT2D eigenvalue weighted by molar-refractivity contribution is 7.99. The maximum Gasteiger partial charge on any atom is 0.394 e. The Bertz CT molecular complexity index is 1220. The Morgan fingerprint density at radius 3 is 2.40 bits per heavy atom. The number of aromatic nitrogens is 3. The summed E-state index contributed by atoms with van der Waals surface area (Å²) in [4.78, 5) is 16.2. The molecule has 8 N–H and O–H groups in total. The number of nitrogen functional groups attached to an aromatic ring is 2. The minimum Gasteiger partial charge on any atom is -0.382 e. The van der Waals surface area contributed by atoms with Crippen LogP contribution < -0.4 is 22.1 Å². The fourth-order valence-corrected chi connectivity index (χ4v) is 5.71. The Kier molecular flexibility index (Phi) is 7.46. The number of nitrogens with zero attached hydrogens (tertiary/aromatic N) is 4. The van der Waals surface area contributed by atoms with E-state index in [1.807, 2.05) is 0 Å². The molecule has 1 aliphatic heterocycles. The van der Waals surface area contributed by atoms with Gasteiger partial charge in [-0.25, -0.2) is 15.0 Å². The summed E-state index contributed by atoms with van der Waals surface area (Å²) in [6.07, 6.45) is 11.7. The zero-order valence-corrected chi connectivity index (χ0v) is 21.2. The zero-order chi connectivity index (χ0) is 25.4. The number of pyridine rings is 1. The summed E-state index contributed by atoms with van der Waals surface area (Å²) in [5.41, 5.74) is 20.4. The third-order valence-corrected chi connectivity index (χ3v) is 8.31. The van der Waals surface area contributed by atoms with Gasteiger partial charge < -0.3 is 22.1 Å². The number of anilines is 3. The summed E-state index contributed by atoms with van der Waals surface area (Å²) < 4.78 is 31.6. The smallest absolute Gasteiger partial charge is 0.382 e. The van der Waals surface area contributed by atoms with Gasteiger partial charge in [-0.3, -0.25) is 9.11 Å². The second-order valence-corrected chi connectivity index (χ2v) is 11.3. The SMILES string of the molecule is Nc1nc(N2CCC3(CC=C(C4CC4)C3N)CC2)cnc1Sc1ccnc(N)c1Cl.O=S(=O)(O)O. The highest BCUT2D eigenvalue weighted by Gasteiger charge is 2.47. The molecule has 5 rings (SSSR count). The normalized spacial score (nSPS) is 21.4. The van der Waals surface area contributed by atoms with Gasteiger partial charge in [0.05, 0.1) is 11.2 Å². The van der Waals surface area contributed by atoms with Crippen molar-refractivity contribution in [2.24, 2.45) is 17.1 Å². The van der Waals surface area contributed by atoms with Gasteiger partial charge >= 0.3 is 10.4 Å². The van der Waals surface area contributed by atoms with Gasteiger partial charge in [0.25, 0.3) is 0 Å². The minimum atomic E-state index is -4.67. The Labute approximate surface area is 213 Å². The van der Waals surface area contributed by atoms with Crippen LogP contribution in [-0.2, 0) is 10.4 Å². The molecular weight excluding hydrogens is 514 g/mol. The highest BCUT2D eigenvalue weighted by atomic mass is 35.5. The van der Waals surface area contributed by atoms with Crippen LogP contribution in [0, 0.1) is 11.3 Å². The molecule has 1 saturated heterocycles. The topological polar surface area (TPSA) is 195 Å². The molecule has 14 heteroatoms. The summed E-state index contributed by atoms with van der Waals surface area (Å²) in [5.74, 6) is 2.25. The minimum absolute atomic E-state index is 0.222. The molecular formula is C21H28ClN7O4S2. The van der Waals surface area contributed by atoms with E-state index in [9.17, 15) is 0 Å². The first-order chi connectivity index (χ1) is 16.5. The molecule has 1 unspecified atom stereocenters. The number of hydrogen-bond acceptors (Lipinski definition) is 10. The largest absolute Gasteiger partial charge is 0.394 e. The molecule has 0 bridgehead atoms. The second-order valence-electron chi connectivity index (χ2n) is 8.99. The van der Waals surface area contributed by atoms with Crippen LogP contribution in [0.25, 0.3) is 0 Å². The number of nitrogens with two attached hydrogens (primary N) is 3. The standard InChI is InChI=1S/C21H26ClN7S.H2O4S/c22-16-14(4-8-26-18(16)24)30-20-19(25)28-15(11-27-20)29-9-6-21(7-10-29)5-3-13(17(21)23)12-1-2-12;1-5(2,3)4/h3-4,8,11-12,17H,1-2,5-7,9-10,23H2,(H2,24,26)(H2,25,28);(H2,1,2,3,4). The first-order valence-corrected chi connectivity index (χ1v) is 13.7. The third kappa shape index (κ3) is 6.16. The average molecular weight is 542 g/mol. The Balaban J connectivity index is 0.000000527. The van der Waals surface area contributed by atoms with Crippen LogP contribution in [0.3, 0.4) is 0 Å². The van der Waals surface area contributed by atoms with Gasteiger partial charge in [0.1, 0.15) is 16.7 Å². The van der Waals surface area contributed by atoms with E-state index in [4.69, 9.17) is 46.3 Å². The third-order valence-electron chi connectivity index (χ3n) is 6.73. The van der Waals surface area contributed by atoms with E-state index >= 15 is 0 Å². The van der Waals surface area contributed by atoms with Crippen LogP contribution in [0.1, 0.15) is 32.1 Å². The van der Waals surface area contributed by atoms with Crippen molar-refractivity contribution in [2.75, 3.05) is 29.5 Å². The lowest BCUT2D eigenvalue weighted by Gasteiger charge is -2.43. The van der Waals surface area contributed by atoms with Crippen molar-refractivity contribution >= 4 is 51.2 Å². The first kappa shape index (κ1) is 25.9. The maximum atomic E-state index is 8.74. The van der Waals surface area contributed by atoms with Gasteiger partial charge in [0.15, 0.2) is 5.82 Å². The lowest BCUT2D eigenvalue weighted by molar-refractivity contribution is 0.203. The molecule has 2 aromatic heterocycles. The lowest BCUT2D eigenvalue weighted by Crippen LogP contribution is -2.48. The van der Waals surface area contributed by atoms with Gasteiger partial charge in [-0.15, -0.1) is 0 Å². The van der Waals surface area contributed by atoms with Crippen molar-refractivity contribution in [2.45, 2.75) is 48.1 Å². The van der Waals surface area contributed by atoms with Crippen molar-refractivity contribution in [3.63, 3.8) is 0 Å². The molecule has 0 aromatic carbocycles. The molecule has 1 saturated carbocycles. The number of rotatable bonds is 4. The van der Waals surface area contributed by atoms with Gasteiger partial charge in [-0.2, -0.15) is 8.42 Å². The van der Waals surface area contributed by atoms with E-state index in [1.165, 1.54) is 30.2 Å². The van der Waals surface area contributed by atoms with E-state index in [-0.39, 0.29) is 17.3 Å². The van der Waals surface area contributed by atoms with Gasteiger partial charge in [-0.1, -0.05) is 35.0 Å². The maximum absolute atomic E-state index is 8.74. The van der Waals surface area contributed by atoms with Gasteiger partial charge in [0.2, 0.25) is 0 Å². The van der Waals surface area contributed by atoms with Crippen molar-refractivity contribution in [1.29, 1.82) is 0 Å². The molecule has 190 valence electrons. The van der Waals surface area contributed by atoms with Gasteiger partial charge in [0, 0.05) is 30.2 Å². The van der Waals surface area contributed by atoms with Gasteiger partial charge in [-0.05, 0) is 49.5 Å². The van der Waals surface area contributed by atoms with E-state index < -0.39 is 10.4 Å². The Hall–Kier alpha value is -2.16.